The molecule has 1 heterocycles. The molecule has 0 aliphatic rings. The van der Waals surface area contributed by atoms with Gasteiger partial charge in [-0.3, -0.25) is 0 Å². The lowest BCUT2D eigenvalue weighted by Crippen LogP contribution is -2.10. The zero-order valence-corrected chi connectivity index (χ0v) is 10.0. The Labute approximate surface area is 95.1 Å². The van der Waals surface area contributed by atoms with Crippen molar-refractivity contribution >= 4 is 22.5 Å². The molecule has 80 valence electrons. The summed E-state index contributed by atoms with van der Waals surface area (Å²) in [5.41, 5.74) is 2.47. The van der Waals surface area contributed by atoms with Crippen molar-refractivity contribution in [3.05, 3.63) is 35.0 Å². The molecule has 2 nitrogen and oxygen atoms in total. The quantitative estimate of drug-likeness (QED) is 0.759. The van der Waals surface area contributed by atoms with Gasteiger partial charge in [-0.15, -0.1) is 0 Å². The molecule has 0 spiro atoms. The van der Waals surface area contributed by atoms with Crippen molar-refractivity contribution in [1.29, 1.82) is 0 Å². The van der Waals surface area contributed by atoms with Gasteiger partial charge in [0.05, 0.1) is 5.02 Å². The van der Waals surface area contributed by atoms with E-state index in [1.165, 1.54) is 16.5 Å². The molecule has 15 heavy (non-hydrogen) atoms. The molecule has 2 aromatic rings. The molecule has 0 saturated heterocycles. The summed E-state index contributed by atoms with van der Waals surface area (Å²) in [7, 11) is 6.18. The molecular formula is C12H15ClN2. The lowest BCUT2D eigenvalue weighted by Gasteiger charge is -2.08. The Morgan fingerprint density at radius 1 is 1.33 bits per heavy atom. The van der Waals surface area contributed by atoms with Gasteiger partial charge in [-0.25, -0.2) is 0 Å². The first-order chi connectivity index (χ1) is 7.09. The SMILES string of the molecule is CN(C)Cc1cn(C)c2cccc(Cl)c12. The second-order valence-corrected chi connectivity index (χ2v) is 4.54. The van der Waals surface area contributed by atoms with Gasteiger partial charge in [-0.2, -0.15) is 0 Å². The Hall–Kier alpha value is -0.990. The van der Waals surface area contributed by atoms with Crippen LogP contribution < -0.4 is 0 Å². The van der Waals surface area contributed by atoms with Crippen LogP contribution in [0.15, 0.2) is 24.4 Å². The highest BCUT2D eigenvalue weighted by Gasteiger charge is 2.09. The highest BCUT2D eigenvalue weighted by atomic mass is 35.5. The summed E-state index contributed by atoms with van der Waals surface area (Å²) in [6.07, 6.45) is 2.15. The number of hydrogen-bond acceptors (Lipinski definition) is 1. The molecule has 3 heteroatoms. The lowest BCUT2D eigenvalue weighted by atomic mass is 10.1. The molecule has 0 N–H and O–H groups in total. The van der Waals surface area contributed by atoms with Gasteiger partial charge in [0, 0.05) is 30.7 Å². The van der Waals surface area contributed by atoms with E-state index >= 15 is 0 Å². The molecule has 0 aliphatic carbocycles. The van der Waals surface area contributed by atoms with E-state index in [2.05, 4.69) is 42.9 Å². The van der Waals surface area contributed by atoms with E-state index in [0.717, 1.165) is 11.6 Å². The zero-order chi connectivity index (χ0) is 11.0. The summed E-state index contributed by atoms with van der Waals surface area (Å²) in [6, 6.07) is 6.04. The van der Waals surface area contributed by atoms with Crippen molar-refractivity contribution in [2.75, 3.05) is 14.1 Å². The van der Waals surface area contributed by atoms with Gasteiger partial charge in [-0.05, 0) is 31.8 Å². The van der Waals surface area contributed by atoms with Crippen LogP contribution in [0, 0.1) is 0 Å². The fourth-order valence-corrected chi connectivity index (χ4v) is 2.24. The average Bonchev–Trinajstić information content (AvgIpc) is 2.44. The van der Waals surface area contributed by atoms with Crippen LogP contribution in [0.5, 0.6) is 0 Å². The minimum absolute atomic E-state index is 0.838. The Morgan fingerprint density at radius 3 is 2.73 bits per heavy atom. The normalized spacial score (nSPS) is 11.5. The number of aromatic nitrogens is 1. The van der Waals surface area contributed by atoms with Gasteiger partial charge in [0.1, 0.15) is 0 Å². The number of benzene rings is 1. The number of rotatable bonds is 2. The summed E-state index contributed by atoms with van der Waals surface area (Å²) in [5.74, 6) is 0. The zero-order valence-electron chi connectivity index (χ0n) is 9.29. The summed E-state index contributed by atoms with van der Waals surface area (Å²) >= 11 is 6.23. The van der Waals surface area contributed by atoms with Crippen molar-refractivity contribution in [1.82, 2.24) is 9.47 Å². The van der Waals surface area contributed by atoms with Gasteiger partial charge < -0.3 is 9.47 Å². The van der Waals surface area contributed by atoms with Gasteiger partial charge in [-0.1, -0.05) is 17.7 Å². The van der Waals surface area contributed by atoms with Gasteiger partial charge in [0.15, 0.2) is 0 Å². The van der Waals surface area contributed by atoms with Gasteiger partial charge in [0.2, 0.25) is 0 Å². The highest BCUT2D eigenvalue weighted by Crippen LogP contribution is 2.28. The molecule has 0 bridgehead atoms. The first kappa shape index (κ1) is 10.5. The predicted octanol–water partition coefficient (Wildman–Crippen LogP) is 2.89. The standard InChI is InChI=1S/C12H15ClN2/c1-14(2)7-9-8-15(3)11-6-4-5-10(13)12(9)11/h4-6,8H,7H2,1-3H3. The summed E-state index contributed by atoms with van der Waals surface area (Å²) in [4.78, 5) is 2.15. The third-order valence-electron chi connectivity index (χ3n) is 2.53. The molecule has 2 rings (SSSR count). The molecule has 0 fully saturated rings. The number of hydrogen-bond donors (Lipinski definition) is 0. The largest absolute Gasteiger partial charge is 0.350 e. The Balaban J connectivity index is 2.65. The van der Waals surface area contributed by atoms with Crippen molar-refractivity contribution in [2.45, 2.75) is 6.54 Å². The van der Waals surface area contributed by atoms with Crippen LogP contribution in [0.4, 0.5) is 0 Å². The summed E-state index contributed by atoms with van der Waals surface area (Å²) < 4.78 is 2.13. The van der Waals surface area contributed by atoms with Crippen LogP contribution in [0.1, 0.15) is 5.56 Å². The van der Waals surface area contributed by atoms with E-state index in [1.54, 1.807) is 0 Å². The smallest absolute Gasteiger partial charge is 0.0503 e. The van der Waals surface area contributed by atoms with Crippen LogP contribution in [-0.4, -0.2) is 23.6 Å². The van der Waals surface area contributed by atoms with E-state index in [-0.39, 0.29) is 0 Å². The Kier molecular flexibility index (Phi) is 2.72. The topological polar surface area (TPSA) is 8.17 Å². The van der Waals surface area contributed by atoms with E-state index in [0.29, 0.717) is 0 Å². The van der Waals surface area contributed by atoms with Gasteiger partial charge in [0.25, 0.3) is 0 Å². The maximum atomic E-state index is 6.23. The maximum Gasteiger partial charge on any atom is 0.0503 e. The molecule has 0 amide bonds. The van der Waals surface area contributed by atoms with Crippen LogP contribution >= 0.6 is 11.6 Å². The molecule has 0 unspecified atom stereocenters. The minimum atomic E-state index is 0.838. The molecule has 0 radical (unpaired) electrons. The number of aryl methyl sites for hydroxylation is 1. The van der Waals surface area contributed by atoms with Crippen LogP contribution in [0.2, 0.25) is 5.02 Å². The lowest BCUT2D eigenvalue weighted by molar-refractivity contribution is 0.404. The first-order valence-corrected chi connectivity index (χ1v) is 5.34. The van der Waals surface area contributed by atoms with E-state index in [9.17, 15) is 0 Å². The van der Waals surface area contributed by atoms with E-state index in [1.807, 2.05) is 12.1 Å². The van der Waals surface area contributed by atoms with Crippen molar-refractivity contribution in [3.63, 3.8) is 0 Å². The highest BCUT2D eigenvalue weighted by molar-refractivity contribution is 6.35. The molecule has 1 aromatic carbocycles. The second kappa shape index (κ2) is 3.87. The predicted molar refractivity (Wildman–Crippen MR) is 65.3 cm³/mol. The summed E-state index contributed by atoms with van der Waals surface area (Å²) in [5, 5.41) is 2.01. The van der Waals surface area contributed by atoms with E-state index in [4.69, 9.17) is 11.6 Å². The molecule has 0 atom stereocenters. The first-order valence-electron chi connectivity index (χ1n) is 4.96. The van der Waals surface area contributed by atoms with Gasteiger partial charge >= 0.3 is 0 Å². The fraction of sp³-hybridized carbons (Fsp3) is 0.333. The van der Waals surface area contributed by atoms with Crippen LogP contribution in [0.3, 0.4) is 0 Å². The fourth-order valence-electron chi connectivity index (χ4n) is 1.95. The number of nitrogens with zero attached hydrogens (tertiary/aromatic N) is 2. The van der Waals surface area contributed by atoms with Crippen molar-refractivity contribution < 1.29 is 0 Å². The third-order valence-corrected chi connectivity index (χ3v) is 2.84. The second-order valence-electron chi connectivity index (χ2n) is 4.14. The van der Waals surface area contributed by atoms with Crippen LogP contribution in [0.25, 0.3) is 10.9 Å². The summed E-state index contributed by atoms with van der Waals surface area (Å²) in [6.45, 7) is 0.918. The Bertz CT molecular complexity index is 486. The molecule has 1 aromatic heterocycles. The molecule has 0 saturated carbocycles. The third kappa shape index (κ3) is 1.87. The maximum absolute atomic E-state index is 6.23. The molecule has 0 aliphatic heterocycles. The van der Waals surface area contributed by atoms with E-state index < -0.39 is 0 Å². The monoisotopic (exact) mass is 222 g/mol. The van der Waals surface area contributed by atoms with Crippen molar-refractivity contribution in [2.24, 2.45) is 7.05 Å². The minimum Gasteiger partial charge on any atom is -0.350 e. The Morgan fingerprint density at radius 2 is 2.07 bits per heavy atom. The van der Waals surface area contributed by atoms with Crippen molar-refractivity contribution in [3.8, 4) is 0 Å². The molecular weight excluding hydrogens is 208 g/mol. The number of halogens is 1. The van der Waals surface area contributed by atoms with Crippen LogP contribution in [-0.2, 0) is 13.6 Å². The number of fused-ring (bicyclic) bond motifs is 1. The average molecular weight is 223 g/mol.